The fraction of sp³-hybridized carbons (Fsp3) is 0.600. The SMILES string of the molecule is CCOC1CC(N(C)C(=O)c2c[nH]c3cccnc23)C12CCCCC2. The monoisotopic (exact) mass is 341 g/mol. The summed E-state index contributed by atoms with van der Waals surface area (Å²) in [5.41, 5.74) is 2.49. The minimum absolute atomic E-state index is 0.0647. The lowest BCUT2D eigenvalue weighted by Gasteiger charge is -2.60. The highest BCUT2D eigenvalue weighted by molar-refractivity contribution is 6.05. The Morgan fingerprint density at radius 2 is 2.20 bits per heavy atom. The van der Waals surface area contributed by atoms with Crippen LogP contribution in [0.25, 0.3) is 11.0 Å². The quantitative estimate of drug-likeness (QED) is 0.921. The van der Waals surface area contributed by atoms with Gasteiger partial charge in [-0.3, -0.25) is 9.78 Å². The molecule has 2 unspecified atom stereocenters. The molecule has 1 spiro atoms. The highest BCUT2D eigenvalue weighted by Crippen LogP contribution is 2.55. The van der Waals surface area contributed by atoms with Gasteiger partial charge >= 0.3 is 0 Å². The largest absolute Gasteiger partial charge is 0.378 e. The van der Waals surface area contributed by atoms with Crippen molar-refractivity contribution in [3.05, 3.63) is 30.1 Å². The van der Waals surface area contributed by atoms with Crippen LogP contribution in [-0.4, -0.2) is 46.6 Å². The number of hydrogen-bond donors (Lipinski definition) is 1. The average Bonchev–Trinajstić information content (AvgIpc) is 3.08. The second-order valence-corrected chi connectivity index (χ2v) is 7.51. The van der Waals surface area contributed by atoms with Crippen LogP contribution in [0.15, 0.2) is 24.5 Å². The van der Waals surface area contributed by atoms with Crippen LogP contribution in [0.2, 0.25) is 0 Å². The van der Waals surface area contributed by atoms with Crippen LogP contribution in [0.5, 0.6) is 0 Å². The van der Waals surface area contributed by atoms with E-state index < -0.39 is 0 Å². The molecule has 5 heteroatoms. The van der Waals surface area contributed by atoms with Gasteiger partial charge in [-0.25, -0.2) is 0 Å². The van der Waals surface area contributed by atoms with Crippen LogP contribution in [0.1, 0.15) is 55.8 Å². The van der Waals surface area contributed by atoms with E-state index in [4.69, 9.17) is 4.74 Å². The van der Waals surface area contributed by atoms with Crippen molar-refractivity contribution in [2.75, 3.05) is 13.7 Å². The molecule has 2 heterocycles. The number of amides is 1. The molecule has 2 saturated carbocycles. The topological polar surface area (TPSA) is 58.2 Å². The molecule has 2 atom stereocenters. The number of nitrogens with one attached hydrogen (secondary N) is 1. The Balaban J connectivity index is 1.59. The molecule has 0 radical (unpaired) electrons. The van der Waals surface area contributed by atoms with Crippen molar-refractivity contribution in [3.63, 3.8) is 0 Å². The molecule has 4 rings (SSSR count). The van der Waals surface area contributed by atoms with Crippen molar-refractivity contribution in [1.29, 1.82) is 0 Å². The summed E-state index contributed by atoms with van der Waals surface area (Å²) in [5.74, 6) is 0.0647. The van der Waals surface area contributed by atoms with E-state index in [0.29, 0.717) is 11.7 Å². The number of carbonyl (C=O) groups excluding carboxylic acids is 1. The maximum Gasteiger partial charge on any atom is 0.257 e. The van der Waals surface area contributed by atoms with Gasteiger partial charge in [0.1, 0.15) is 5.52 Å². The molecule has 0 saturated heterocycles. The minimum atomic E-state index is 0.0647. The van der Waals surface area contributed by atoms with Gasteiger partial charge in [0.2, 0.25) is 0 Å². The van der Waals surface area contributed by atoms with E-state index >= 15 is 0 Å². The van der Waals surface area contributed by atoms with Crippen LogP contribution in [0.3, 0.4) is 0 Å². The molecule has 0 bridgehead atoms. The Morgan fingerprint density at radius 1 is 1.40 bits per heavy atom. The first-order valence-electron chi connectivity index (χ1n) is 9.48. The van der Waals surface area contributed by atoms with E-state index in [9.17, 15) is 4.79 Å². The van der Waals surface area contributed by atoms with Gasteiger partial charge in [0.25, 0.3) is 5.91 Å². The zero-order chi connectivity index (χ0) is 17.4. The predicted octanol–water partition coefficient (Wildman–Crippen LogP) is 3.76. The van der Waals surface area contributed by atoms with Crippen molar-refractivity contribution in [1.82, 2.24) is 14.9 Å². The van der Waals surface area contributed by atoms with Gasteiger partial charge in [-0.1, -0.05) is 19.3 Å². The van der Waals surface area contributed by atoms with Gasteiger partial charge in [0.15, 0.2) is 0 Å². The van der Waals surface area contributed by atoms with Crippen molar-refractivity contribution in [2.24, 2.45) is 5.41 Å². The summed E-state index contributed by atoms with van der Waals surface area (Å²) in [7, 11) is 1.95. The predicted molar refractivity (Wildman–Crippen MR) is 97.5 cm³/mol. The number of fused-ring (bicyclic) bond motifs is 1. The first-order chi connectivity index (χ1) is 12.2. The number of hydrogen-bond acceptors (Lipinski definition) is 3. The number of pyridine rings is 1. The second kappa shape index (κ2) is 6.45. The van der Waals surface area contributed by atoms with E-state index in [1.807, 2.05) is 24.1 Å². The third-order valence-electron chi connectivity index (χ3n) is 6.35. The number of H-pyrrole nitrogens is 1. The van der Waals surface area contributed by atoms with Gasteiger partial charge in [0.05, 0.1) is 17.2 Å². The Hall–Kier alpha value is -1.88. The molecule has 5 nitrogen and oxygen atoms in total. The van der Waals surface area contributed by atoms with Crippen LogP contribution < -0.4 is 0 Å². The Labute approximate surface area is 148 Å². The molecule has 2 aliphatic rings. The maximum absolute atomic E-state index is 13.2. The highest BCUT2D eigenvalue weighted by atomic mass is 16.5. The summed E-state index contributed by atoms with van der Waals surface area (Å²) in [6, 6.07) is 4.10. The normalized spacial score (nSPS) is 25.0. The first-order valence-corrected chi connectivity index (χ1v) is 9.48. The summed E-state index contributed by atoms with van der Waals surface area (Å²) >= 11 is 0. The van der Waals surface area contributed by atoms with Gasteiger partial charge in [-0.05, 0) is 38.3 Å². The Morgan fingerprint density at radius 3 is 2.96 bits per heavy atom. The fourth-order valence-corrected chi connectivity index (χ4v) is 5.02. The molecular weight excluding hydrogens is 314 g/mol. The van der Waals surface area contributed by atoms with E-state index in [-0.39, 0.29) is 17.4 Å². The van der Waals surface area contributed by atoms with Gasteiger partial charge < -0.3 is 14.6 Å². The zero-order valence-corrected chi connectivity index (χ0v) is 15.1. The van der Waals surface area contributed by atoms with E-state index in [1.54, 1.807) is 12.4 Å². The molecule has 2 fully saturated rings. The zero-order valence-electron chi connectivity index (χ0n) is 15.1. The number of carbonyl (C=O) groups is 1. The van der Waals surface area contributed by atoms with E-state index in [1.165, 1.54) is 32.1 Å². The number of aromatic nitrogens is 2. The summed E-state index contributed by atoms with van der Waals surface area (Å²) in [4.78, 5) is 22.7. The van der Waals surface area contributed by atoms with Crippen LogP contribution in [0, 0.1) is 5.41 Å². The van der Waals surface area contributed by atoms with Crippen molar-refractivity contribution in [2.45, 2.75) is 57.6 Å². The molecule has 2 aromatic heterocycles. The molecule has 2 aromatic rings. The number of rotatable bonds is 4. The number of aromatic amines is 1. The minimum Gasteiger partial charge on any atom is -0.378 e. The van der Waals surface area contributed by atoms with Gasteiger partial charge in [0, 0.05) is 37.5 Å². The third-order valence-corrected chi connectivity index (χ3v) is 6.35. The molecule has 0 aromatic carbocycles. The fourth-order valence-electron chi connectivity index (χ4n) is 5.02. The summed E-state index contributed by atoms with van der Waals surface area (Å²) < 4.78 is 6.04. The maximum atomic E-state index is 13.2. The lowest BCUT2D eigenvalue weighted by Crippen LogP contribution is -2.65. The number of ether oxygens (including phenoxy) is 1. The van der Waals surface area contributed by atoms with Crippen molar-refractivity contribution >= 4 is 16.9 Å². The van der Waals surface area contributed by atoms with Crippen LogP contribution in [0.4, 0.5) is 0 Å². The standard InChI is InChI=1S/C20H27N3O2/c1-3-25-17-12-16(20(17)9-5-4-6-10-20)23(2)19(24)14-13-22-15-8-7-11-21-18(14)15/h7-8,11,13,16-17,22H,3-6,9-10,12H2,1-2H3. The van der Waals surface area contributed by atoms with Crippen molar-refractivity contribution < 1.29 is 9.53 Å². The average molecular weight is 341 g/mol. The van der Waals surface area contributed by atoms with E-state index in [0.717, 1.165) is 24.1 Å². The molecular formula is C20H27N3O2. The van der Waals surface area contributed by atoms with Gasteiger partial charge in [-0.2, -0.15) is 0 Å². The lowest BCUT2D eigenvalue weighted by atomic mass is 9.54. The Bertz CT molecular complexity index is 763. The molecule has 1 N–H and O–H groups in total. The molecule has 25 heavy (non-hydrogen) atoms. The van der Waals surface area contributed by atoms with E-state index in [2.05, 4.69) is 16.9 Å². The van der Waals surface area contributed by atoms with Crippen molar-refractivity contribution in [3.8, 4) is 0 Å². The molecule has 2 aliphatic carbocycles. The third kappa shape index (κ3) is 2.56. The smallest absolute Gasteiger partial charge is 0.257 e. The molecule has 1 amide bonds. The lowest BCUT2D eigenvalue weighted by molar-refractivity contribution is -0.170. The summed E-state index contributed by atoms with van der Waals surface area (Å²) in [6.45, 7) is 2.82. The summed E-state index contributed by atoms with van der Waals surface area (Å²) in [5, 5.41) is 0. The Kier molecular flexibility index (Phi) is 4.28. The number of nitrogens with zero attached hydrogens (tertiary/aromatic N) is 2. The summed E-state index contributed by atoms with van der Waals surface area (Å²) in [6.07, 6.45) is 10.9. The van der Waals surface area contributed by atoms with Crippen LogP contribution in [-0.2, 0) is 4.74 Å². The highest BCUT2D eigenvalue weighted by Gasteiger charge is 2.57. The molecule has 134 valence electrons. The molecule has 0 aliphatic heterocycles. The second-order valence-electron chi connectivity index (χ2n) is 7.51. The van der Waals surface area contributed by atoms with Crippen LogP contribution >= 0.6 is 0 Å². The first kappa shape index (κ1) is 16.6. The van der Waals surface area contributed by atoms with Gasteiger partial charge in [-0.15, -0.1) is 0 Å².